The topological polar surface area (TPSA) is 46.0 Å². The minimum atomic E-state index is -4.56. The molecule has 0 unspecified atom stereocenters. The molecule has 0 radical (unpaired) electrons. The molecular formula is C10H13F3N2OS. The van der Waals surface area contributed by atoms with Gasteiger partial charge in [-0.25, -0.2) is 9.97 Å². The second-order valence-electron chi connectivity index (χ2n) is 3.68. The van der Waals surface area contributed by atoms with Crippen LogP contribution in [0.4, 0.5) is 13.2 Å². The van der Waals surface area contributed by atoms with E-state index in [-0.39, 0.29) is 11.4 Å². The summed E-state index contributed by atoms with van der Waals surface area (Å²) in [5.41, 5.74) is -1.34. The number of halogens is 3. The molecule has 7 heteroatoms. The van der Waals surface area contributed by atoms with Gasteiger partial charge in [-0.3, -0.25) is 0 Å². The Morgan fingerprint density at radius 1 is 1.41 bits per heavy atom. The second kappa shape index (κ2) is 5.68. The zero-order chi connectivity index (χ0) is 13.1. The van der Waals surface area contributed by atoms with Crippen molar-refractivity contribution < 1.29 is 18.3 Å². The van der Waals surface area contributed by atoms with Crippen LogP contribution in [0.25, 0.3) is 0 Å². The van der Waals surface area contributed by atoms with Crippen LogP contribution in [0.2, 0.25) is 0 Å². The molecule has 1 aromatic heterocycles. The van der Waals surface area contributed by atoms with Crippen LogP contribution in [0.15, 0.2) is 6.20 Å². The summed E-state index contributed by atoms with van der Waals surface area (Å²) in [4.78, 5) is 7.27. The second-order valence-corrected chi connectivity index (χ2v) is 5.24. The van der Waals surface area contributed by atoms with Crippen LogP contribution in [-0.2, 0) is 18.5 Å². The van der Waals surface area contributed by atoms with E-state index in [4.69, 9.17) is 5.11 Å². The lowest BCUT2D eigenvalue weighted by Crippen LogP contribution is -2.14. The van der Waals surface area contributed by atoms with E-state index >= 15 is 0 Å². The molecule has 0 aliphatic carbocycles. The Kier molecular flexibility index (Phi) is 4.76. The molecule has 0 atom stereocenters. The minimum Gasteiger partial charge on any atom is -0.392 e. The van der Waals surface area contributed by atoms with Crippen LogP contribution in [0.3, 0.4) is 0 Å². The van der Waals surface area contributed by atoms with Crippen molar-refractivity contribution in [1.29, 1.82) is 0 Å². The lowest BCUT2D eigenvalue weighted by molar-refractivity contribution is -0.142. The molecule has 0 saturated heterocycles. The SMILES string of the molecule is CC(C)SCc1ncc(CO)c(C(F)(F)F)n1. The van der Waals surface area contributed by atoms with E-state index in [0.29, 0.717) is 11.0 Å². The molecular weight excluding hydrogens is 253 g/mol. The van der Waals surface area contributed by atoms with E-state index in [1.54, 1.807) is 0 Å². The van der Waals surface area contributed by atoms with Crippen LogP contribution in [0, 0.1) is 0 Å². The average molecular weight is 266 g/mol. The number of alkyl halides is 3. The first-order valence-corrected chi connectivity index (χ1v) is 6.04. The fourth-order valence-electron chi connectivity index (χ4n) is 1.12. The zero-order valence-electron chi connectivity index (χ0n) is 9.45. The summed E-state index contributed by atoms with van der Waals surface area (Å²) in [6.45, 7) is 3.17. The van der Waals surface area contributed by atoms with Gasteiger partial charge in [-0.2, -0.15) is 24.9 Å². The molecule has 0 aromatic carbocycles. The lowest BCUT2D eigenvalue weighted by Gasteiger charge is -2.11. The van der Waals surface area contributed by atoms with E-state index < -0.39 is 18.5 Å². The quantitative estimate of drug-likeness (QED) is 0.910. The summed E-state index contributed by atoms with van der Waals surface area (Å²) in [6.07, 6.45) is -3.52. The van der Waals surface area contributed by atoms with Crippen molar-refractivity contribution in [2.24, 2.45) is 0 Å². The molecule has 1 heterocycles. The van der Waals surface area contributed by atoms with Crippen molar-refractivity contribution in [2.45, 2.75) is 37.6 Å². The first-order chi connectivity index (χ1) is 7.84. The number of aliphatic hydroxyl groups is 1. The van der Waals surface area contributed by atoms with Gasteiger partial charge in [-0.05, 0) is 5.25 Å². The zero-order valence-corrected chi connectivity index (χ0v) is 10.3. The van der Waals surface area contributed by atoms with Gasteiger partial charge >= 0.3 is 6.18 Å². The number of hydrogen-bond donors (Lipinski definition) is 1. The molecule has 0 aliphatic heterocycles. The maximum atomic E-state index is 12.6. The van der Waals surface area contributed by atoms with E-state index in [2.05, 4.69) is 9.97 Å². The molecule has 1 rings (SSSR count). The van der Waals surface area contributed by atoms with Crippen molar-refractivity contribution in [3.8, 4) is 0 Å². The predicted molar refractivity (Wildman–Crippen MR) is 59.4 cm³/mol. The van der Waals surface area contributed by atoms with Gasteiger partial charge in [0, 0.05) is 11.8 Å². The highest BCUT2D eigenvalue weighted by Crippen LogP contribution is 2.30. The molecule has 0 fully saturated rings. The Hall–Kier alpha value is -0.820. The Balaban J connectivity index is 2.97. The number of thioether (sulfide) groups is 1. The summed E-state index contributed by atoms with van der Waals surface area (Å²) < 4.78 is 37.8. The summed E-state index contributed by atoms with van der Waals surface area (Å²) in [5, 5.41) is 9.10. The van der Waals surface area contributed by atoms with Crippen molar-refractivity contribution in [3.05, 3.63) is 23.3 Å². The largest absolute Gasteiger partial charge is 0.433 e. The maximum absolute atomic E-state index is 12.6. The fraction of sp³-hybridized carbons (Fsp3) is 0.600. The maximum Gasteiger partial charge on any atom is 0.433 e. The summed E-state index contributed by atoms with van der Waals surface area (Å²) in [5.74, 6) is 0.458. The number of aliphatic hydroxyl groups excluding tert-OH is 1. The molecule has 1 aromatic rings. The lowest BCUT2D eigenvalue weighted by atomic mass is 10.2. The Morgan fingerprint density at radius 3 is 2.53 bits per heavy atom. The highest BCUT2D eigenvalue weighted by molar-refractivity contribution is 7.99. The minimum absolute atomic E-state index is 0.133. The van der Waals surface area contributed by atoms with Crippen LogP contribution in [0.5, 0.6) is 0 Å². The van der Waals surface area contributed by atoms with Crippen LogP contribution in [0.1, 0.15) is 30.9 Å². The molecule has 96 valence electrons. The highest BCUT2D eigenvalue weighted by Gasteiger charge is 2.35. The van der Waals surface area contributed by atoms with Gasteiger partial charge in [0.2, 0.25) is 0 Å². The molecule has 0 bridgehead atoms. The predicted octanol–water partition coefficient (Wildman–Crippen LogP) is 2.63. The Morgan fingerprint density at radius 2 is 2.06 bits per heavy atom. The van der Waals surface area contributed by atoms with Gasteiger partial charge in [0.1, 0.15) is 5.82 Å². The van der Waals surface area contributed by atoms with Gasteiger partial charge in [0.25, 0.3) is 0 Å². The monoisotopic (exact) mass is 266 g/mol. The summed E-state index contributed by atoms with van der Waals surface area (Å²) in [6, 6.07) is 0. The average Bonchev–Trinajstić information content (AvgIpc) is 2.24. The van der Waals surface area contributed by atoms with E-state index in [1.807, 2.05) is 13.8 Å². The van der Waals surface area contributed by atoms with Gasteiger partial charge in [0.05, 0.1) is 12.4 Å². The van der Waals surface area contributed by atoms with E-state index in [1.165, 1.54) is 11.8 Å². The summed E-state index contributed by atoms with van der Waals surface area (Å²) >= 11 is 1.46. The van der Waals surface area contributed by atoms with E-state index in [0.717, 1.165) is 6.20 Å². The third-order valence-corrected chi connectivity index (χ3v) is 2.99. The molecule has 17 heavy (non-hydrogen) atoms. The third-order valence-electron chi connectivity index (χ3n) is 1.90. The van der Waals surface area contributed by atoms with Gasteiger partial charge < -0.3 is 5.11 Å². The Bertz CT molecular complexity index is 382. The normalized spacial score (nSPS) is 12.2. The highest BCUT2D eigenvalue weighted by atomic mass is 32.2. The van der Waals surface area contributed by atoms with Crippen molar-refractivity contribution >= 4 is 11.8 Å². The number of aromatic nitrogens is 2. The molecule has 0 saturated carbocycles. The number of nitrogens with zero attached hydrogens (tertiary/aromatic N) is 2. The van der Waals surface area contributed by atoms with Crippen LogP contribution < -0.4 is 0 Å². The number of hydrogen-bond acceptors (Lipinski definition) is 4. The molecule has 0 aliphatic rings. The standard InChI is InChI=1S/C10H13F3N2OS/c1-6(2)17-5-8-14-3-7(4-16)9(15-8)10(11,12)13/h3,6,16H,4-5H2,1-2H3. The molecule has 1 N–H and O–H groups in total. The molecule has 0 spiro atoms. The Labute approximate surface area is 101 Å². The first kappa shape index (κ1) is 14.2. The van der Waals surface area contributed by atoms with Crippen LogP contribution >= 0.6 is 11.8 Å². The third kappa shape index (κ3) is 4.16. The summed E-state index contributed by atoms with van der Waals surface area (Å²) in [7, 11) is 0. The van der Waals surface area contributed by atoms with Crippen molar-refractivity contribution in [2.75, 3.05) is 0 Å². The smallest absolute Gasteiger partial charge is 0.392 e. The molecule has 3 nitrogen and oxygen atoms in total. The van der Waals surface area contributed by atoms with Crippen LogP contribution in [-0.4, -0.2) is 20.3 Å². The van der Waals surface area contributed by atoms with Crippen molar-refractivity contribution in [3.63, 3.8) is 0 Å². The van der Waals surface area contributed by atoms with E-state index in [9.17, 15) is 13.2 Å². The molecule has 0 amide bonds. The fourth-order valence-corrected chi connectivity index (χ4v) is 1.74. The van der Waals surface area contributed by atoms with Crippen molar-refractivity contribution in [1.82, 2.24) is 9.97 Å². The van der Waals surface area contributed by atoms with Gasteiger partial charge in [0.15, 0.2) is 5.69 Å². The number of rotatable bonds is 4. The first-order valence-electron chi connectivity index (χ1n) is 4.99. The van der Waals surface area contributed by atoms with Gasteiger partial charge in [-0.15, -0.1) is 0 Å². The van der Waals surface area contributed by atoms with Gasteiger partial charge in [-0.1, -0.05) is 13.8 Å².